The zero-order valence-corrected chi connectivity index (χ0v) is 15.4. The highest BCUT2D eigenvalue weighted by atomic mass is 15.1. The van der Waals surface area contributed by atoms with Gasteiger partial charge >= 0.3 is 0 Å². The maximum absolute atomic E-state index is 3.72. The fourth-order valence-electron chi connectivity index (χ4n) is 3.86. The van der Waals surface area contributed by atoms with Crippen LogP contribution in [0.4, 0.5) is 0 Å². The summed E-state index contributed by atoms with van der Waals surface area (Å²) in [4.78, 5) is 4.86. The van der Waals surface area contributed by atoms with E-state index in [1.807, 2.05) is 0 Å². The fourth-order valence-corrected chi connectivity index (χ4v) is 3.86. The predicted octanol–water partition coefficient (Wildman–Crippen LogP) is 3.06. The van der Waals surface area contributed by atoms with E-state index in [2.05, 4.69) is 57.0 Å². The van der Waals surface area contributed by atoms with Crippen LogP contribution >= 0.6 is 0 Å². The minimum atomic E-state index is 0.495. The Balaban J connectivity index is 2.51. The van der Waals surface area contributed by atoms with E-state index < -0.39 is 0 Å². The molecule has 0 heterocycles. The van der Waals surface area contributed by atoms with Crippen molar-refractivity contribution >= 4 is 0 Å². The smallest absolute Gasteiger partial charge is 0.00472 e. The van der Waals surface area contributed by atoms with Crippen LogP contribution in [0.25, 0.3) is 0 Å². The third-order valence-electron chi connectivity index (χ3n) is 4.82. The molecule has 1 rings (SSSR count). The first kappa shape index (κ1) is 18.9. The molecule has 0 bridgehead atoms. The molecule has 0 spiro atoms. The van der Waals surface area contributed by atoms with Crippen molar-refractivity contribution in [3.05, 3.63) is 0 Å². The Kier molecular flexibility index (Phi) is 8.22. The number of nitrogens with zero attached hydrogens (tertiary/aromatic N) is 2. The van der Waals surface area contributed by atoms with Crippen molar-refractivity contribution in [2.24, 2.45) is 11.3 Å². The molecule has 21 heavy (non-hydrogen) atoms. The molecule has 0 amide bonds. The van der Waals surface area contributed by atoms with Gasteiger partial charge in [0.25, 0.3) is 0 Å². The van der Waals surface area contributed by atoms with Crippen molar-refractivity contribution in [2.75, 3.05) is 47.3 Å². The summed E-state index contributed by atoms with van der Waals surface area (Å²) in [7, 11) is 6.64. The topological polar surface area (TPSA) is 18.5 Å². The van der Waals surface area contributed by atoms with E-state index in [-0.39, 0.29) is 0 Å². The molecule has 126 valence electrons. The number of rotatable bonds is 9. The van der Waals surface area contributed by atoms with Gasteiger partial charge in [-0.3, -0.25) is 0 Å². The lowest BCUT2D eigenvalue weighted by atomic mass is 9.69. The molecule has 0 aromatic carbocycles. The normalized spacial score (nSPS) is 27.0. The van der Waals surface area contributed by atoms with Crippen LogP contribution in [-0.2, 0) is 0 Å². The Labute approximate surface area is 133 Å². The third-order valence-corrected chi connectivity index (χ3v) is 4.82. The minimum Gasteiger partial charge on any atom is -0.314 e. The lowest BCUT2D eigenvalue weighted by Crippen LogP contribution is -2.47. The summed E-state index contributed by atoms with van der Waals surface area (Å²) >= 11 is 0. The van der Waals surface area contributed by atoms with Crippen molar-refractivity contribution in [3.8, 4) is 0 Å². The van der Waals surface area contributed by atoms with Crippen molar-refractivity contribution in [1.29, 1.82) is 0 Å². The van der Waals surface area contributed by atoms with Crippen LogP contribution in [0.3, 0.4) is 0 Å². The predicted molar refractivity (Wildman–Crippen MR) is 93.9 cm³/mol. The van der Waals surface area contributed by atoms with Crippen LogP contribution in [0, 0.1) is 11.3 Å². The van der Waals surface area contributed by atoms with Gasteiger partial charge in [0.2, 0.25) is 0 Å². The second kappa shape index (κ2) is 9.12. The summed E-state index contributed by atoms with van der Waals surface area (Å²) in [5.74, 6) is 0.892. The lowest BCUT2D eigenvalue weighted by Gasteiger charge is -2.43. The van der Waals surface area contributed by atoms with Gasteiger partial charge in [-0.15, -0.1) is 0 Å². The van der Waals surface area contributed by atoms with Gasteiger partial charge in [0.15, 0.2) is 0 Å². The molecule has 0 radical (unpaired) electrons. The SMILES string of the molecule is CC1CCCC(CNC(C)C)(CN(C)CCCN(C)C)C1. The Bertz CT molecular complexity index is 278. The molecule has 0 saturated heterocycles. The molecule has 1 fully saturated rings. The summed E-state index contributed by atoms with van der Waals surface area (Å²) < 4.78 is 0. The molecular formula is C18H39N3. The van der Waals surface area contributed by atoms with E-state index >= 15 is 0 Å². The molecule has 0 aromatic rings. The molecule has 2 atom stereocenters. The molecule has 3 nitrogen and oxygen atoms in total. The molecule has 0 aromatic heterocycles. The third kappa shape index (κ3) is 7.62. The zero-order chi connectivity index (χ0) is 15.9. The van der Waals surface area contributed by atoms with Crippen LogP contribution in [0.1, 0.15) is 52.9 Å². The maximum Gasteiger partial charge on any atom is 0.00472 e. The van der Waals surface area contributed by atoms with E-state index in [1.165, 1.54) is 58.3 Å². The Hall–Kier alpha value is -0.120. The number of hydrogen-bond donors (Lipinski definition) is 1. The zero-order valence-electron chi connectivity index (χ0n) is 15.4. The van der Waals surface area contributed by atoms with Gasteiger partial charge in [0.05, 0.1) is 0 Å². The van der Waals surface area contributed by atoms with Crippen molar-refractivity contribution < 1.29 is 0 Å². The largest absolute Gasteiger partial charge is 0.314 e. The average Bonchev–Trinajstić information content (AvgIpc) is 2.36. The minimum absolute atomic E-state index is 0.495. The standard InChI is InChI=1S/C18H39N3/c1-16(2)19-14-18(10-7-9-17(3)13-18)15-21(6)12-8-11-20(4)5/h16-17,19H,7-15H2,1-6H3. The quantitative estimate of drug-likeness (QED) is 0.705. The Morgan fingerprint density at radius 1 is 1.19 bits per heavy atom. The first-order valence-corrected chi connectivity index (χ1v) is 8.90. The molecule has 2 unspecified atom stereocenters. The van der Waals surface area contributed by atoms with Gasteiger partial charge < -0.3 is 15.1 Å². The second-order valence-electron chi connectivity index (χ2n) is 8.13. The number of hydrogen-bond acceptors (Lipinski definition) is 3. The van der Waals surface area contributed by atoms with Crippen LogP contribution < -0.4 is 5.32 Å². The van der Waals surface area contributed by atoms with E-state index in [1.54, 1.807) is 0 Å². The molecule has 0 aliphatic heterocycles. The second-order valence-corrected chi connectivity index (χ2v) is 8.13. The monoisotopic (exact) mass is 297 g/mol. The summed E-state index contributed by atoms with van der Waals surface area (Å²) in [6.07, 6.45) is 6.90. The van der Waals surface area contributed by atoms with Crippen molar-refractivity contribution in [1.82, 2.24) is 15.1 Å². The summed E-state index contributed by atoms with van der Waals surface area (Å²) in [5, 5.41) is 3.72. The molecule has 1 N–H and O–H groups in total. The average molecular weight is 298 g/mol. The fraction of sp³-hybridized carbons (Fsp3) is 1.00. The van der Waals surface area contributed by atoms with Gasteiger partial charge in [-0.05, 0) is 64.8 Å². The first-order chi connectivity index (χ1) is 9.83. The van der Waals surface area contributed by atoms with Gasteiger partial charge in [-0.1, -0.05) is 33.6 Å². The molecular weight excluding hydrogens is 258 g/mol. The Morgan fingerprint density at radius 2 is 1.90 bits per heavy atom. The van der Waals surface area contributed by atoms with E-state index in [4.69, 9.17) is 0 Å². The summed E-state index contributed by atoms with van der Waals surface area (Å²) in [6.45, 7) is 11.8. The molecule has 1 aliphatic carbocycles. The highest BCUT2D eigenvalue weighted by Gasteiger charge is 2.35. The summed E-state index contributed by atoms with van der Waals surface area (Å²) in [5.41, 5.74) is 0.495. The number of nitrogens with one attached hydrogen (secondary N) is 1. The van der Waals surface area contributed by atoms with E-state index in [9.17, 15) is 0 Å². The van der Waals surface area contributed by atoms with Crippen molar-refractivity contribution in [2.45, 2.75) is 58.9 Å². The van der Waals surface area contributed by atoms with Crippen LogP contribution in [0.15, 0.2) is 0 Å². The lowest BCUT2D eigenvalue weighted by molar-refractivity contribution is 0.0884. The van der Waals surface area contributed by atoms with Crippen LogP contribution in [0.2, 0.25) is 0 Å². The molecule has 1 aliphatic rings. The van der Waals surface area contributed by atoms with Crippen LogP contribution in [-0.4, -0.2) is 63.2 Å². The highest BCUT2D eigenvalue weighted by Crippen LogP contribution is 2.39. The molecule has 1 saturated carbocycles. The molecule has 3 heteroatoms. The van der Waals surface area contributed by atoms with Gasteiger partial charge in [0.1, 0.15) is 0 Å². The van der Waals surface area contributed by atoms with Crippen LogP contribution in [0.5, 0.6) is 0 Å². The first-order valence-electron chi connectivity index (χ1n) is 8.90. The van der Waals surface area contributed by atoms with Crippen molar-refractivity contribution in [3.63, 3.8) is 0 Å². The Morgan fingerprint density at radius 3 is 2.48 bits per heavy atom. The van der Waals surface area contributed by atoms with E-state index in [0.717, 1.165) is 5.92 Å². The van der Waals surface area contributed by atoms with Gasteiger partial charge in [-0.2, -0.15) is 0 Å². The van der Waals surface area contributed by atoms with Gasteiger partial charge in [0, 0.05) is 19.1 Å². The maximum atomic E-state index is 3.72. The summed E-state index contributed by atoms with van der Waals surface area (Å²) in [6, 6.07) is 0.596. The van der Waals surface area contributed by atoms with Gasteiger partial charge in [-0.25, -0.2) is 0 Å². The highest BCUT2D eigenvalue weighted by molar-refractivity contribution is 4.90. The van der Waals surface area contributed by atoms with E-state index in [0.29, 0.717) is 11.5 Å².